The number of nitrogens with zero attached hydrogens (tertiary/aromatic N) is 1. The minimum Gasteiger partial charge on any atom is -0.481 e. The van der Waals surface area contributed by atoms with Crippen molar-refractivity contribution in [1.29, 1.82) is 0 Å². The maximum Gasteiger partial charge on any atom is 0.303 e. The molecule has 1 unspecified atom stereocenters. The van der Waals surface area contributed by atoms with Gasteiger partial charge < -0.3 is 10.0 Å². The second-order valence-electron chi connectivity index (χ2n) is 6.21. The van der Waals surface area contributed by atoms with Crippen molar-refractivity contribution >= 4 is 11.9 Å². The number of aliphatic carboxylic acids is 1. The summed E-state index contributed by atoms with van der Waals surface area (Å²) in [5.74, 6) is -0.480. The van der Waals surface area contributed by atoms with Gasteiger partial charge in [0.25, 0.3) is 0 Å². The van der Waals surface area contributed by atoms with E-state index >= 15 is 0 Å². The molecule has 0 aromatic heterocycles. The van der Waals surface area contributed by atoms with E-state index in [1.807, 2.05) is 0 Å². The zero-order chi connectivity index (χ0) is 13.8. The number of carboxylic acid groups (broad SMARTS) is 1. The molecule has 0 aromatic rings. The molecule has 4 heteroatoms. The second kappa shape index (κ2) is 6.21. The first-order valence-corrected chi connectivity index (χ1v) is 6.78. The summed E-state index contributed by atoms with van der Waals surface area (Å²) < 4.78 is 0. The van der Waals surface area contributed by atoms with Gasteiger partial charge in [-0.2, -0.15) is 0 Å². The average Bonchev–Trinajstić information content (AvgIpc) is 2.26. The fourth-order valence-electron chi connectivity index (χ4n) is 2.80. The van der Waals surface area contributed by atoms with Gasteiger partial charge in [0, 0.05) is 25.9 Å². The zero-order valence-corrected chi connectivity index (χ0v) is 11.7. The van der Waals surface area contributed by atoms with E-state index in [2.05, 4.69) is 13.8 Å². The molecule has 0 heterocycles. The van der Waals surface area contributed by atoms with E-state index in [1.54, 1.807) is 11.9 Å². The van der Waals surface area contributed by atoms with Crippen molar-refractivity contribution in [2.75, 3.05) is 13.6 Å². The van der Waals surface area contributed by atoms with E-state index < -0.39 is 5.97 Å². The van der Waals surface area contributed by atoms with Crippen molar-refractivity contribution in [1.82, 2.24) is 4.90 Å². The summed E-state index contributed by atoms with van der Waals surface area (Å²) in [4.78, 5) is 24.4. The number of carbonyl (C=O) groups is 2. The summed E-state index contributed by atoms with van der Waals surface area (Å²) in [6.07, 6.45) is 4.91. The monoisotopic (exact) mass is 255 g/mol. The maximum atomic E-state index is 12.2. The predicted octanol–water partition coefficient (Wildman–Crippen LogP) is 2.53. The quantitative estimate of drug-likeness (QED) is 0.821. The Morgan fingerprint density at radius 3 is 2.61 bits per heavy atom. The largest absolute Gasteiger partial charge is 0.481 e. The van der Waals surface area contributed by atoms with Crippen molar-refractivity contribution in [3.63, 3.8) is 0 Å². The van der Waals surface area contributed by atoms with Crippen LogP contribution in [0, 0.1) is 11.3 Å². The zero-order valence-electron chi connectivity index (χ0n) is 11.7. The Labute approximate surface area is 109 Å². The van der Waals surface area contributed by atoms with Crippen LogP contribution in [0.2, 0.25) is 0 Å². The fraction of sp³-hybridized carbons (Fsp3) is 0.857. The van der Waals surface area contributed by atoms with Crippen LogP contribution in [-0.4, -0.2) is 35.5 Å². The van der Waals surface area contributed by atoms with Gasteiger partial charge in [0.05, 0.1) is 0 Å². The van der Waals surface area contributed by atoms with Crippen LogP contribution in [0.5, 0.6) is 0 Å². The highest BCUT2D eigenvalue weighted by molar-refractivity contribution is 5.78. The van der Waals surface area contributed by atoms with Crippen LogP contribution in [-0.2, 0) is 9.59 Å². The average molecular weight is 255 g/mol. The maximum absolute atomic E-state index is 12.2. The van der Waals surface area contributed by atoms with Crippen LogP contribution in [0.25, 0.3) is 0 Å². The molecule has 4 nitrogen and oxygen atoms in total. The summed E-state index contributed by atoms with van der Waals surface area (Å²) in [6, 6.07) is 0. The van der Waals surface area contributed by atoms with Crippen LogP contribution in [0.4, 0.5) is 0 Å². The Balaban J connectivity index is 2.40. The molecule has 1 saturated carbocycles. The molecule has 0 spiro atoms. The standard InChI is InChI=1S/C14H25NO3/c1-14(2)8-4-6-11(10-14)13(18)15(3)9-5-7-12(16)17/h11H,4-10H2,1-3H3,(H,16,17). The molecule has 1 N–H and O–H groups in total. The van der Waals surface area contributed by atoms with Gasteiger partial charge in [-0.15, -0.1) is 0 Å². The molecule has 104 valence electrons. The van der Waals surface area contributed by atoms with Gasteiger partial charge >= 0.3 is 5.97 Å². The van der Waals surface area contributed by atoms with E-state index in [4.69, 9.17) is 5.11 Å². The molecule has 0 aliphatic heterocycles. The van der Waals surface area contributed by atoms with Crippen molar-refractivity contribution in [3.05, 3.63) is 0 Å². The molecule has 18 heavy (non-hydrogen) atoms. The Hall–Kier alpha value is -1.06. The molecular weight excluding hydrogens is 230 g/mol. The number of amides is 1. The third-order valence-corrected chi connectivity index (χ3v) is 3.81. The third kappa shape index (κ3) is 4.67. The highest BCUT2D eigenvalue weighted by Gasteiger charge is 2.33. The lowest BCUT2D eigenvalue weighted by Crippen LogP contribution is -2.37. The second-order valence-corrected chi connectivity index (χ2v) is 6.21. The number of hydrogen-bond acceptors (Lipinski definition) is 2. The first-order valence-electron chi connectivity index (χ1n) is 6.78. The van der Waals surface area contributed by atoms with Gasteiger partial charge in [-0.3, -0.25) is 9.59 Å². The highest BCUT2D eigenvalue weighted by Crippen LogP contribution is 2.39. The molecule has 1 aliphatic carbocycles. The Kier molecular flexibility index (Phi) is 5.17. The van der Waals surface area contributed by atoms with Crippen LogP contribution in [0.3, 0.4) is 0 Å². The van der Waals surface area contributed by atoms with Gasteiger partial charge in [0.2, 0.25) is 5.91 Å². The van der Waals surface area contributed by atoms with E-state index in [0.717, 1.165) is 19.3 Å². The van der Waals surface area contributed by atoms with Gasteiger partial charge in [0.1, 0.15) is 0 Å². The van der Waals surface area contributed by atoms with E-state index in [9.17, 15) is 9.59 Å². The molecule has 1 rings (SSSR count). The Morgan fingerprint density at radius 1 is 1.39 bits per heavy atom. The normalized spacial score (nSPS) is 22.5. The summed E-state index contributed by atoms with van der Waals surface area (Å²) in [6.45, 7) is 4.98. The number of rotatable bonds is 5. The Morgan fingerprint density at radius 2 is 2.06 bits per heavy atom. The Bertz CT molecular complexity index is 312. The smallest absolute Gasteiger partial charge is 0.303 e. The van der Waals surface area contributed by atoms with Crippen LogP contribution < -0.4 is 0 Å². The van der Waals surface area contributed by atoms with Gasteiger partial charge in [-0.05, 0) is 31.1 Å². The first-order chi connectivity index (χ1) is 8.32. The topological polar surface area (TPSA) is 57.6 Å². The van der Waals surface area contributed by atoms with Crippen molar-refractivity contribution < 1.29 is 14.7 Å². The fourth-order valence-corrected chi connectivity index (χ4v) is 2.80. The number of carboxylic acids is 1. The van der Waals surface area contributed by atoms with E-state index in [1.165, 1.54) is 6.42 Å². The van der Waals surface area contributed by atoms with E-state index in [0.29, 0.717) is 13.0 Å². The van der Waals surface area contributed by atoms with Crippen molar-refractivity contribution in [2.45, 2.75) is 52.4 Å². The lowest BCUT2D eigenvalue weighted by Gasteiger charge is -2.36. The van der Waals surface area contributed by atoms with Gasteiger partial charge in [0.15, 0.2) is 0 Å². The number of carbonyl (C=O) groups excluding carboxylic acids is 1. The lowest BCUT2D eigenvalue weighted by molar-refractivity contribution is -0.139. The molecule has 1 fully saturated rings. The van der Waals surface area contributed by atoms with Crippen LogP contribution >= 0.6 is 0 Å². The lowest BCUT2D eigenvalue weighted by atomic mass is 9.72. The van der Waals surface area contributed by atoms with Crippen LogP contribution in [0.1, 0.15) is 52.4 Å². The first kappa shape index (κ1) is 15.0. The van der Waals surface area contributed by atoms with Gasteiger partial charge in [-0.25, -0.2) is 0 Å². The van der Waals surface area contributed by atoms with Crippen LogP contribution in [0.15, 0.2) is 0 Å². The molecule has 1 atom stereocenters. The van der Waals surface area contributed by atoms with E-state index in [-0.39, 0.29) is 23.7 Å². The number of hydrogen-bond donors (Lipinski definition) is 1. The third-order valence-electron chi connectivity index (χ3n) is 3.81. The minimum absolute atomic E-state index is 0.128. The summed E-state index contributed by atoms with van der Waals surface area (Å²) >= 11 is 0. The summed E-state index contributed by atoms with van der Waals surface area (Å²) in [5.41, 5.74) is 0.264. The summed E-state index contributed by atoms with van der Waals surface area (Å²) in [5, 5.41) is 8.58. The highest BCUT2D eigenvalue weighted by atomic mass is 16.4. The predicted molar refractivity (Wildman–Crippen MR) is 70.2 cm³/mol. The molecule has 0 radical (unpaired) electrons. The van der Waals surface area contributed by atoms with Crippen molar-refractivity contribution in [2.24, 2.45) is 11.3 Å². The summed E-state index contributed by atoms with van der Waals surface area (Å²) in [7, 11) is 1.78. The molecular formula is C14H25NO3. The molecule has 0 saturated heterocycles. The molecule has 0 bridgehead atoms. The van der Waals surface area contributed by atoms with Gasteiger partial charge in [-0.1, -0.05) is 20.3 Å². The molecule has 1 aliphatic rings. The molecule has 1 amide bonds. The van der Waals surface area contributed by atoms with Crippen molar-refractivity contribution in [3.8, 4) is 0 Å². The minimum atomic E-state index is -0.797. The molecule has 0 aromatic carbocycles. The SMILES string of the molecule is CN(CCCC(=O)O)C(=O)C1CCCC(C)(C)C1.